The van der Waals surface area contributed by atoms with Crippen molar-refractivity contribution in [3.63, 3.8) is 0 Å². The molecule has 7 fully saturated rings. The summed E-state index contributed by atoms with van der Waals surface area (Å²) in [5.74, 6) is 1.57. The summed E-state index contributed by atoms with van der Waals surface area (Å²) in [5.41, 5.74) is 0. The highest BCUT2D eigenvalue weighted by Crippen LogP contribution is 2.27. The number of rotatable bonds is 14. The molecule has 1 unspecified atom stereocenters. The Kier molecular flexibility index (Phi) is 41.9. The summed E-state index contributed by atoms with van der Waals surface area (Å²) in [6, 6.07) is 0. The summed E-state index contributed by atoms with van der Waals surface area (Å²) in [7, 11) is 0. The molecule has 0 amide bonds. The van der Waals surface area contributed by atoms with Crippen molar-refractivity contribution in [2.24, 2.45) is 11.8 Å². The van der Waals surface area contributed by atoms with E-state index in [1.165, 1.54) is 96.4 Å². The van der Waals surface area contributed by atoms with Gasteiger partial charge in [-0.05, 0) is 103 Å². The lowest BCUT2D eigenvalue weighted by Crippen LogP contribution is -2.38. The van der Waals surface area contributed by atoms with Crippen molar-refractivity contribution in [1.82, 2.24) is 10.2 Å². The van der Waals surface area contributed by atoms with Gasteiger partial charge in [-0.2, -0.15) is 0 Å². The van der Waals surface area contributed by atoms with E-state index >= 15 is 0 Å². The maximum absolute atomic E-state index is 9.20. The maximum atomic E-state index is 9.20. The molecule has 0 aromatic carbocycles. The lowest BCUT2D eigenvalue weighted by molar-refractivity contribution is -0.138. The van der Waals surface area contributed by atoms with Crippen molar-refractivity contribution >= 4 is 0 Å². The number of aliphatic hydroxyl groups excluding tert-OH is 1. The van der Waals surface area contributed by atoms with Crippen molar-refractivity contribution in [2.45, 2.75) is 221 Å². The lowest BCUT2D eigenvalue weighted by Gasteiger charge is -2.25. The zero-order valence-electron chi connectivity index (χ0n) is 44.1. The van der Waals surface area contributed by atoms with Gasteiger partial charge >= 0.3 is 0 Å². The van der Waals surface area contributed by atoms with E-state index in [0.29, 0.717) is 24.4 Å². The van der Waals surface area contributed by atoms with Gasteiger partial charge in [0, 0.05) is 39.4 Å². The van der Waals surface area contributed by atoms with E-state index in [9.17, 15) is 5.11 Å². The normalized spacial score (nSPS) is 28.0. The molecule has 0 bridgehead atoms. The van der Waals surface area contributed by atoms with Crippen LogP contribution >= 0.6 is 0 Å². The van der Waals surface area contributed by atoms with Crippen LogP contribution in [0.1, 0.15) is 184 Å². The lowest BCUT2D eigenvalue weighted by atomic mass is 9.85. The molecule has 6 aliphatic heterocycles. The highest BCUT2D eigenvalue weighted by atomic mass is 16.7. The number of aliphatic hydroxyl groups is 1. The Morgan fingerprint density at radius 3 is 1.38 bits per heavy atom. The van der Waals surface area contributed by atoms with Crippen LogP contribution in [0.5, 0.6) is 0 Å². The Labute approximate surface area is 401 Å². The molecule has 1 aliphatic carbocycles. The summed E-state index contributed by atoms with van der Waals surface area (Å²) in [4.78, 5) is 2.45. The summed E-state index contributed by atoms with van der Waals surface area (Å²) in [6.45, 7) is 35.2. The third kappa shape index (κ3) is 36.2. The fourth-order valence-corrected chi connectivity index (χ4v) is 8.83. The third-order valence-corrected chi connectivity index (χ3v) is 12.5. The van der Waals surface area contributed by atoms with Gasteiger partial charge in [0.1, 0.15) is 0 Å². The van der Waals surface area contributed by atoms with Gasteiger partial charge < -0.3 is 53.1 Å². The molecule has 4 atom stereocenters. The average molecular weight is 933 g/mol. The first-order chi connectivity index (χ1) is 31.6. The molecule has 390 valence electrons. The van der Waals surface area contributed by atoms with Crippen molar-refractivity contribution in [1.29, 1.82) is 0 Å². The SMILES string of the molecule is CCCC1CCC(O)CC1.CCCC1CCOCC1.CCCC1CNCCO1.CCCN1CCOCC1.CCC[C@@H]1COCCO1.CCC[C@H]1COC(C)(C)O1.CCC[C@H]1COCCO1. The van der Waals surface area contributed by atoms with E-state index in [4.69, 9.17) is 42.6 Å². The number of nitrogens with zero attached hydrogens (tertiary/aromatic N) is 1. The second-order valence-electron chi connectivity index (χ2n) is 19.2. The zero-order chi connectivity index (χ0) is 47.6. The monoisotopic (exact) mass is 933 g/mol. The molecule has 0 aromatic rings. The van der Waals surface area contributed by atoms with Gasteiger partial charge in [-0.25, -0.2) is 0 Å². The number of nitrogens with one attached hydrogen (secondary N) is 1. The van der Waals surface area contributed by atoms with Crippen molar-refractivity contribution in [3.8, 4) is 0 Å². The van der Waals surface area contributed by atoms with E-state index in [0.717, 1.165) is 149 Å². The van der Waals surface area contributed by atoms with Crippen LogP contribution in [0.3, 0.4) is 0 Å². The summed E-state index contributed by atoms with van der Waals surface area (Å²) in [6.07, 6.45) is 24.9. The van der Waals surface area contributed by atoms with Gasteiger partial charge in [0.25, 0.3) is 0 Å². The van der Waals surface area contributed by atoms with E-state index in [1.54, 1.807) is 0 Å². The topological polar surface area (TPSA) is 119 Å². The van der Waals surface area contributed by atoms with Crippen LogP contribution in [0.15, 0.2) is 0 Å². The van der Waals surface area contributed by atoms with Crippen LogP contribution in [-0.4, -0.2) is 158 Å². The number of ether oxygens (including phenoxy) is 9. The predicted octanol–water partition coefficient (Wildman–Crippen LogP) is 10.4. The molecule has 12 nitrogen and oxygen atoms in total. The van der Waals surface area contributed by atoms with Gasteiger partial charge in [0.15, 0.2) is 5.79 Å². The minimum Gasteiger partial charge on any atom is -0.393 e. The van der Waals surface area contributed by atoms with Crippen LogP contribution in [0, 0.1) is 11.8 Å². The largest absolute Gasteiger partial charge is 0.393 e. The van der Waals surface area contributed by atoms with Crippen LogP contribution in [0.2, 0.25) is 0 Å². The molecule has 65 heavy (non-hydrogen) atoms. The predicted molar refractivity (Wildman–Crippen MR) is 267 cm³/mol. The quantitative estimate of drug-likeness (QED) is 0.173. The molecule has 6 heterocycles. The summed E-state index contributed by atoms with van der Waals surface area (Å²) < 4.78 is 48.1. The summed E-state index contributed by atoms with van der Waals surface area (Å²) >= 11 is 0. The first-order valence-corrected chi connectivity index (χ1v) is 27.2. The van der Waals surface area contributed by atoms with Gasteiger partial charge in [-0.1, -0.05) is 99.8 Å². The minimum absolute atomic E-state index is 0.0214. The highest BCUT2D eigenvalue weighted by molar-refractivity contribution is 4.72. The van der Waals surface area contributed by atoms with Crippen molar-refractivity contribution < 1.29 is 47.7 Å². The standard InChI is InChI=1S/C9H18O.C8H16O2.C8H16O.2C7H15NO.2C7H14O2/c1-2-3-8-4-6-9(10)7-5-8;1-4-5-7-6-9-8(2,3)10-7;2*1-2-3-8-4-6-9-7-5-8;3*1-2-3-7-6-8-4-5-9-7/h8-10H,2-7H2,1H3;7H,4-6H2,1-3H3;8H,2-7H2,1H3;2-7H2,1H3;7-8H,2-6H2,1H3;2*7H,2-6H2,1H3/t;7-;;;;2*7-/m.0...10/s1. The second-order valence-corrected chi connectivity index (χ2v) is 19.2. The van der Waals surface area contributed by atoms with E-state index < -0.39 is 0 Å². The molecule has 2 N–H and O–H groups in total. The number of hydrogen-bond donors (Lipinski definition) is 2. The Hall–Kier alpha value is -0.480. The van der Waals surface area contributed by atoms with E-state index in [2.05, 4.69) is 58.7 Å². The second kappa shape index (κ2) is 43.5. The fraction of sp³-hybridized carbons (Fsp3) is 1.00. The van der Waals surface area contributed by atoms with E-state index in [1.807, 2.05) is 13.8 Å². The van der Waals surface area contributed by atoms with Gasteiger partial charge in [0.05, 0.1) is 96.6 Å². The molecule has 7 rings (SSSR count). The van der Waals surface area contributed by atoms with Crippen LogP contribution in [0.4, 0.5) is 0 Å². The molecule has 0 aromatic heterocycles. The van der Waals surface area contributed by atoms with Gasteiger partial charge in [-0.3, -0.25) is 4.90 Å². The zero-order valence-corrected chi connectivity index (χ0v) is 44.1. The van der Waals surface area contributed by atoms with Crippen molar-refractivity contribution in [3.05, 3.63) is 0 Å². The third-order valence-electron chi connectivity index (χ3n) is 12.5. The van der Waals surface area contributed by atoms with E-state index in [-0.39, 0.29) is 11.9 Å². The minimum atomic E-state index is -0.333. The Morgan fingerprint density at radius 1 is 0.477 bits per heavy atom. The molecule has 1 saturated carbocycles. The van der Waals surface area contributed by atoms with Crippen LogP contribution in [0.25, 0.3) is 0 Å². The van der Waals surface area contributed by atoms with Crippen LogP contribution in [-0.2, 0) is 42.6 Å². The molecule has 0 radical (unpaired) electrons. The van der Waals surface area contributed by atoms with Gasteiger partial charge in [0.2, 0.25) is 0 Å². The molecule has 7 aliphatic rings. The molecule has 6 saturated heterocycles. The Morgan fingerprint density at radius 2 is 0.954 bits per heavy atom. The summed E-state index contributed by atoms with van der Waals surface area (Å²) in [5, 5.41) is 12.5. The molecule has 0 spiro atoms. The smallest absolute Gasteiger partial charge is 0.163 e. The number of morpholine rings is 2. The maximum Gasteiger partial charge on any atom is 0.163 e. The molecular weight excluding hydrogens is 825 g/mol. The average Bonchev–Trinajstić information content (AvgIpc) is 3.68. The van der Waals surface area contributed by atoms with Crippen LogP contribution < -0.4 is 5.32 Å². The van der Waals surface area contributed by atoms with Gasteiger partial charge in [-0.15, -0.1) is 0 Å². The van der Waals surface area contributed by atoms with Crippen molar-refractivity contribution in [2.75, 3.05) is 112 Å². The Balaban J connectivity index is 0.000000379. The molecule has 12 heteroatoms. The first kappa shape index (κ1) is 62.5. The first-order valence-electron chi connectivity index (χ1n) is 27.2. The Bertz CT molecular complexity index is 830. The molecular formula is C53H108N2O10. The fourth-order valence-electron chi connectivity index (χ4n) is 8.83. The number of hydrogen-bond acceptors (Lipinski definition) is 12. The highest BCUT2D eigenvalue weighted by Gasteiger charge is 2.31.